The molecule has 0 spiro atoms. The molecule has 0 aliphatic carbocycles. The second-order valence-electron chi connectivity index (χ2n) is 6.76. The van der Waals surface area contributed by atoms with Gasteiger partial charge in [-0.25, -0.2) is 13.1 Å². The molecule has 1 aliphatic rings. The lowest BCUT2D eigenvalue weighted by Crippen LogP contribution is -2.30. The molecule has 1 unspecified atom stereocenters. The maximum atomic E-state index is 12.4. The Balaban J connectivity index is 1.41. The minimum Gasteiger partial charge on any atom is -0.486 e. The van der Waals surface area contributed by atoms with Gasteiger partial charge in [-0.15, -0.1) is 0 Å². The van der Waals surface area contributed by atoms with Crippen LogP contribution in [0.5, 0.6) is 11.5 Å². The van der Waals surface area contributed by atoms with Gasteiger partial charge in [-0.2, -0.15) is 0 Å². The van der Waals surface area contributed by atoms with Gasteiger partial charge in [-0.1, -0.05) is 5.16 Å². The Kier molecular flexibility index (Phi) is 7.13. The standard InChI is InChI=1S/C19H23N3O8S/c1-12-10-17(30-22-12)21-19(24)13(2)29-18(23)4-3-7-20-31(25,26)14-5-6-15-16(11-14)28-9-8-27-15/h5-6,10-11,13,20H,3-4,7-9H2,1-2H3,(H,21,24). The van der Waals surface area contributed by atoms with Crippen LogP contribution in [-0.2, 0) is 24.3 Å². The quantitative estimate of drug-likeness (QED) is 0.425. The largest absolute Gasteiger partial charge is 0.486 e. The number of aromatic nitrogens is 1. The SMILES string of the molecule is Cc1cc(NC(=O)C(C)OC(=O)CCCNS(=O)(=O)c2ccc3c(c2)OCCO3)on1. The third kappa shape index (κ3) is 6.18. The van der Waals surface area contributed by atoms with E-state index in [4.69, 9.17) is 18.7 Å². The number of nitrogens with zero attached hydrogens (tertiary/aromatic N) is 1. The van der Waals surface area contributed by atoms with Gasteiger partial charge in [0.15, 0.2) is 17.6 Å². The summed E-state index contributed by atoms with van der Waals surface area (Å²) in [6.07, 6.45) is -0.923. The summed E-state index contributed by atoms with van der Waals surface area (Å²) in [5.74, 6) is -0.187. The van der Waals surface area contributed by atoms with Crippen LogP contribution in [0.15, 0.2) is 33.7 Å². The van der Waals surface area contributed by atoms with E-state index < -0.39 is 28.0 Å². The highest BCUT2D eigenvalue weighted by Crippen LogP contribution is 2.32. The number of fused-ring (bicyclic) bond motifs is 1. The Morgan fingerprint density at radius 1 is 1.19 bits per heavy atom. The smallest absolute Gasteiger partial charge is 0.306 e. The lowest BCUT2D eigenvalue weighted by atomic mass is 10.3. The Hall–Kier alpha value is -3.12. The van der Waals surface area contributed by atoms with Crippen LogP contribution in [0.3, 0.4) is 0 Å². The number of ether oxygens (including phenoxy) is 3. The molecule has 11 nitrogen and oxygen atoms in total. The fourth-order valence-corrected chi connectivity index (χ4v) is 3.76. The van der Waals surface area contributed by atoms with E-state index in [2.05, 4.69) is 15.2 Å². The van der Waals surface area contributed by atoms with Crippen LogP contribution in [0, 0.1) is 6.92 Å². The van der Waals surface area contributed by atoms with Gasteiger partial charge in [0, 0.05) is 25.1 Å². The van der Waals surface area contributed by atoms with Crippen LogP contribution in [-0.4, -0.2) is 51.3 Å². The summed E-state index contributed by atoms with van der Waals surface area (Å²) in [7, 11) is -3.78. The van der Waals surface area contributed by atoms with E-state index in [1.54, 1.807) is 6.92 Å². The summed E-state index contributed by atoms with van der Waals surface area (Å²) in [6.45, 7) is 3.89. The Morgan fingerprint density at radius 2 is 1.94 bits per heavy atom. The lowest BCUT2D eigenvalue weighted by Gasteiger charge is -2.18. The molecule has 1 aromatic heterocycles. The van der Waals surface area contributed by atoms with Gasteiger partial charge in [0.2, 0.25) is 15.9 Å². The van der Waals surface area contributed by atoms with Crippen LogP contribution in [0.4, 0.5) is 5.88 Å². The van der Waals surface area contributed by atoms with Crippen molar-refractivity contribution in [2.45, 2.75) is 37.7 Å². The molecule has 2 N–H and O–H groups in total. The zero-order valence-corrected chi connectivity index (χ0v) is 17.9. The summed E-state index contributed by atoms with van der Waals surface area (Å²) in [4.78, 5) is 23.9. The van der Waals surface area contributed by atoms with Crippen LogP contribution in [0.25, 0.3) is 0 Å². The van der Waals surface area contributed by atoms with E-state index >= 15 is 0 Å². The number of nitrogens with one attached hydrogen (secondary N) is 2. The van der Waals surface area contributed by atoms with E-state index in [1.807, 2.05) is 0 Å². The highest BCUT2D eigenvalue weighted by molar-refractivity contribution is 7.89. The minimum atomic E-state index is -3.78. The van der Waals surface area contributed by atoms with Crippen molar-refractivity contribution in [2.75, 3.05) is 25.1 Å². The van der Waals surface area contributed by atoms with Crippen molar-refractivity contribution < 1.29 is 36.7 Å². The van der Waals surface area contributed by atoms with Crippen molar-refractivity contribution in [1.29, 1.82) is 0 Å². The van der Waals surface area contributed by atoms with Gasteiger partial charge in [0.1, 0.15) is 13.2 Å². The molecule has 1 aromatic carbocycles. The molecule has 1 amide bonds. The molecule has 0 fully saturated rings. The number of esters is 1. The number of benzene rings is 1. The number of sulfonamides is 1. The Bertz CT molecular complexity index is 1050. The molecule has 31 heavy (non-hydrogen) atoms. The first-order valence-electron chi connectivity index (χ1n) is 9.57. The van der Waals surface area contributed by atoms with E-state index in [0.29, 0.717) is 30.4 Å². The normalized spacial score (nSPS) is 14.0. The Labute approximate surface area is 179 Å². The average molecular weight is 453 g/mol. The zero-order valence-electron chi connectivity index (χ0n) is 17.0. The molecule has 2 aromatic rings. The van der Waals surface area contributed by atoms with E-state index in [0.717, 1.165) is 0 Å². The first-order valence-corrected chi connectivity index (χ1v) is 11.1. The van der Waals surface area contributed by atoms with E-state index in [-0.39, 0.29) is 30.2 Å². The zero-order chi connectivity index (χ0) is 22.4. The van der Waals surface area contributed by atoms with Crippen LogP contribution < -0.4 is 19.5 Å². The fourth-order valence-electron chi connectivity index (χ4n) is 2.67. The molecule has 0 saturated carbocycles. The lowest BCUT2D eigenvalue weighted by molar-refractivity contribution is -0.153. The maximum Gasteiger partial charge on any atom is 0.306 e. The number of hydrogen-bond donors (Lipinski definition) is 2. The van der Waals surface area contributed by atoms with Gasteiger partial charge in [-0.3, -0.25) is 14.9 Å². The van der Waals surface area contributed by atoms with Crippen LogP contribution in [0.1, 0.15) is 25.5 Å². The molecular formula is C19H23N3O8S. The molecule has 168 valence electrons. The van der Waals surface area contributed by atoms with Gasteiger partial charge in [-0.05, 0) is 32.4 Å². The minimum absolute atomic E-state index is 0.0177. The van der Waals surface area contributed by atoms with Gasteiger partial charge >= 0.3 is 5.97 Å². The topological polar surface area (TPSA) is 146 Å². The van der Waals surface area contributed by atoms with Crippen molar-refractivity contribution >= 4 is 27.8 Å². The number of aryl methyl sites for hydroxylation is 1. The van der Waals surface area contributed by atoms with E-state index in [9.17, 15) is 18.0 Å². The summed E-state index contributed by atoms with van der Waals surface area (Å²) in [6, 6.07) is 5.87. The molecule has 12 heteroatoms. The maximum absolute atomic E-state index is 12.4. The number of rotatable bonds is 9. The highest BCUT2D eigenvalue weighted by Gasteiger charge is 2.21. The molecule has 1 aliphatic heterocycles. The third-order valence-corrected chi connectivity index (χ3v) is 5.68. The Morgan fingerprint density at radius 3 is 2.65 bits per heavy atom. The van der Waals surface area contributed by atoms with Crippen molar-refractivity contribution in [3.8, 4) is 11.5 Å². The molecule has 0 saturated heterocycles. The molecule has 0 radical (unpaired) electrons. The number of carbonyl (C=O) groups is 2. The second-order valence-corrected chi connectivity index (χ2v) is 8.53. The molecule has 0 bridgehead atoms. The molecule has 3 rings (SSSR count). The van der Waals surface area contributed by atoms with Crippen molar-refractivity contribution in [1.82, 2.24) is 9.88 Å². The van der Waals surface area contributed by atoms with E-state index in [1.165, 1.54) is 31.2 Å². The predicted octanol–water partition coefficient (Wildman–Crippen LogP) is 1.38. The molecule has 1 atom stereocenters. The van der Waals surface area contributed by atoms with Gasteiger partial charge < -0.3 is 18.7 Å². The first-order chi connectivity index (χ1) is 14.7. The molecular weight excluding hydrogens is 430 g/mol. The third-order valence-electron chi connectivity index (χ3n) is 4.23. The number of amides is 1. The number of anilines is 1. The first kappa shape index (κ1) is 22.6. The number of carbonyl (C=O) groups excluding carboxylic acids is 2. The van der Waals surface area contributed by atoms with Crippen molar-refractivity contribution in [3.05, 3.63) is 30.0 Å². The average Bonchev–Trinajstić information content (AvgIpc) is 3.15. The highest BCUT2D eigenvalue weighted by atomic mass is 32.2. The van der Waals surface area contributed by atoms with Gasteiger partial charge in [0.05, 0.1) is 10.6 Å². The molecule has 2 heterocycles. The summed E-state index contributed by atoms with van der Waals surface area (Å²) >= 11 is 0. The second kappa shape index (κ2) is 9.79. The fraction of sp³-hybridized carbons (Fsp3) is 0.421. The van der Waals surface area contributed by atoms with Crippen molar-refractivity contribution in [3.63, 3.8) is 0 Å². The summed E-state index contributed by atoms with van der Waals surface area (Å²) in [5.41, 5.74) is 0.596. The summed E-state index contributed by atoms with van der Waals surface area (Å²) in [5, 5.41) is 6.07. The monoisotopic (exact) mass is 453 g/mol. The summed E-state index contributed by atoms with van der Waals surface area (Å²) < 4.78 is 47.9. The van der Waals surface area contributed by atoms with Crippen molar-refractivity contribution in [2.24, 2.45) is 0 Å². The number of hydrogen-bond acceptors (Lipinski definition) is 9. The predicted molar refractivity (Wildman–Crippen MR) is 107 cm³/mol. The van der Waals surface area contributed by atoms with Crippen LogP contribution in [0.2, 0.25) is 0 Å². The van der Waals surface area contributed by atoms with Crippen LogP contribution >= 0.6 is 0 Å². The van der Waals surface area contributed by atoms with Gasteiger partial charge in [0.25, 0.3) is 5.91 Å².